The maximum atomic E-state index is 11.5. The number of hydrogen-bond acceptors (Lipinski definition) is 4. The number of aromatic nitrogens is 1. The van der Waals surface area contributed by atoms with Crippen LogP contribution in [0.15, 0.2) is 48.7 Å². The van der Waals surface area contributed by atoms with Gasteiger partial charge < -0.3 is 14.6 Å². The van der Waals surface area contributed by atoms with Gasteiger partial charge in [-0.3, -0.25) is 14.8 Å². The molecule has 3 aromatic rings. The van der Waals surface area contributed by atoms with Gasteiger partial charge in [0, 0.05) is 42.2 Å². The zero-order chi connectivity index (χ0) is 20.8. The van der Waals surface area contributed by atoms with Gasteiger partial charge in [-0.15, -0.1) is 0 Å². The predicted octanol–water partition coefficient (Wildman–Crippen LogP) is 2.89. The van der Waals surface area contributed by atoms with E-state index in [1.807, 2.05) is 37.3 Å². The summed E-state index contributed by atoms with van der Waals surface area (Å²) in [5.74, 6) is 0.290. The van der Waals surface area contributed by atoms with Crippen LogP contribution in [-0.2, 0) is 17.8 Å². The van der Waals surface area contributed by atoms with E-state index in [1.54, 1.807) is 24.7 Å². The largest absolute Gasteiger partial charge is 0.497 e. The highest BCUT2D eigenvalue weighted by atomic mass is 16.5. The van der Waals surface area contributed by atoms with Gasteiger partial charge in [-0.2, -0.15) is 0 Å². The number of carbonyl (C=O) groups is 2. The van der Waals surface area contributed by atoms with Crippen LogP contribution in [0.4, 0.5) is 0 Å². The number of hydroxylamine groups is 1. The summed E-state index contributed by atoms with van der Waals surface area (Å²) in [5.41, 5.74) is 5.25. The van der Waals surface area contributed by atoms with E-state index in [4.69, 9.17) is 9.94 Å². The standard InChI is InChI=1S/C22H25N3O4/c1-3-21(26)23-11-10-17-14-25(20-9-8-18(29-2)12-19(17)20)13-15-4-6-16(7-5-15)22(27)24-28/h4-9,12,14,28H,3,10-11,13H2,1-2H3,(H,23,26)(H,24,27). The molecule has 0 bridgehead atoms. The first-order valence-corrected chi connectivity index (χ1v) is 9.51. The van der Waals surface area contributed by atoms with E-state index in [9.17, 15) is 9.59 Å². The quantitative estimate of drug-likeness (QED) is 0.404. The van der Waals surface area contributed by atoms with Gasteiger partial charge in [0.1, 0.15) is 5.75 Å². The minimum Gasteiger partial charge on any atom is -0.497 e. The number of rotatable bonds is 8. The van der Waals surface area contributed by atoms with Crippen LogP contribution in [-0.4, -0.2) is 35.2 Å². The van der Waals surface area contributed by atoms with E-state index >= 15 is 0 Å². The topological polar surface area (TPSA) is 92.6 Å². The highest BCUT2D eigenvalue weighted by Gasteiger charge is 2.11. The van der Waals surface area contributed by atoms with Gasteiger partial charge in [-0.25, -0.2) is 5.48 Å². The number of methoxy groups -OCH3 is 1. The van der Waals surface area contributed by atoms with Crippen molar-refractivity contribution in [1.82, 2.24) is 15.4 Å². The van der Waals surface area contributed by atoms with Crippen molar-refractivity contribution >= 4 is 22.7 Å². The molecule has 0 aliphatic rings. The molecule has 152 valence electrons. The number of nitrogens with zero attached hydrogens (tertiary/aromatic N) is 1. The van der Waals surface area contributed by atoms with Crippen molar-refractivity contribution in [2.24, 2.45) is 0 Å². The lowest BCUT2D eigenvalue weighted by atomic mass is 10.1. The van der Waals surface area contributed by atoms with Crippen molar-refractivity contribution in [3.63, 3.8) is 0 Å². The third-order valence-corrected chi connectivity index (χ3v) is 4.88. The molecular weight excluding hydrogens is 370 g/mol. The van der Waals surface area contributed by atoms with Gasteiger partial charge in [-0.1, -0.05) is 19.1 Å². The molecule has 0 fully saturated rings. The third-order valence-electron chi connectivity index (χ3n) is 4.88. The Kier molecular flexibility index (Phi) is 6.51. The van der Waals surface area contributed by atoms with Crippen molar-refractivity contribution in [3.05, 3.63) is 65.4 Å². The lowest BCUT2D eigenvalue weighted by Gasteiger charge is -2.07. The SMILES string of the molecule is CCC(=O)NCCc1cn(Cc2ccc(C(=O)NO)cc2)c2ccc(OC)cc12. The molecule has 7 nitrogen and oxygen atoms in total. The van der Waals surface area contributed by atoms with Crippen LogP contribution >= 0.6 is 0 Å². The van der Waals surface area contributed by atoms with Crippen LogP contribution in [0.1, 0.15) is 34.8 Å². The molecule has 0 saturated carbocycles. The molecule has 2 amide bonds. The average molecular weight is 395 g/mol. The molecule has 3 rings (SSSR count). The normalized spacial score (nSPS) is 10.7. The van der Waals surface area contributed by atoms with E-state index in [-0.39, 0.29) is 5.91 Å². The first-order valence-electron chi connectivity index (χ1n) is 9.51. The fourth-order valence-electron chi connectivity index (χ4n) is 3.29. The predicted molar refractivity (Wildman–Crippen MR) is 110 cm³/mol. The zero-order valence-corrected chi connectivity index (χ0v) is 16.6. The Hall–Kier alpha value is -3.32. The second kappa shape index (κ2) is 9.25. The maximum Gasteiger partial charge on any atom is 0.274 e. The summed E-state index contributed by atoms with van der Waals surface area (Å²) in [6, 6.07) is 13.0. The smallest absolute Gasteiger partial charge is 0.274 e. The molecule has 0 aliphatic carbocycles. The first-order chi connectivity index (χ1) is 14.0. The van der Waals surface area contributed by atoms with Crippen LogP contribution in [0.5, 0.6) is 5.75 Å². The number of nitrogens with one attached hydrogen (secondary N) is 2. The highest BCUT2D eigenvalue weighted by Crippen LogP contribution is 2.27. The lowest BCUT2D eigenvalue weighted by molar-refractivity contribution is -0.120. The molecule has 0 radical (unpaired) electrons. The van der Waals surface area contributed by atoms with E-state index in [0.717, 1.165) is 34.2 Å². The van der Waals surface area contributed by atoms with Gasteiger partial charge in [0.25, 0.3) is 5.91 Å². The number of ether oxygens (including phenoxy) is 1. The molecule has 0 saturated heterocycles. The summed E-state index contributed by atoms with van der Waals surface area (Å²) in [4.78, 5) is 23.0. The monoisotopic (exact) mass is 395 g/mol. The Labute approximate surface area is 169 Å². The van der Waals surface area contributed by atoms with E-state index in [1.165, 1.54) is 0 Å². The number of hydrogen-bond donors (Lipinski definition) is 3. The fourth-order valence-corrected chi connectivity index (χ4v) is 3.29. The van der Waals surface area contributed by atoms with Crippen LogP contribution in [0, 0.1) is 0 Å². The summed E-state index contributed by atoms with van der Waals surface area (Å²) >= 11 is 0. The fraction of sp³-hybridized carbons (Fsp3) is 0.273. The molecule has 0 spiro atoms. The van der Waals surface area contributed by atoms with Gasteiger partial charge in [0.2, 0.25) is 5.91 Å². The molecular formula is C22H25N3O4. The van der Waals surface area contributed by atoms with Crippen molar-refractivity contribution in [1.29, 1.82) is 0 Å². The minimum atomic E-state index is -0.536. The second-order valence-electron chi connectivity index (χ2n) is 6.76. The Morgan fingerprint density at radius 2 is 1.90 bits per heavy atom. The van der Waals surface area contributed by atoms with Gasteiger partial charge >= 0.3 is 0 Å². The van der Waals surface area contributed by atoms with E-state index < -0.39 is 5.91 Å². The molecule has 3 N–H and O–H groups in total. The number of fused-ring (bicyclic) bond motifs is 1. The van der Waals surface area contributed by atoms with E-state index in [2.05, 4.69) is 16.1 Å². The summed E-state index contributed by atoms with van der Waals surface area (Å²) < 4.78 is 7.52. The van der Waals surface area contributed by atoms with Crippen molar-refractivity contribution in [3.8, 4) is 5.75 Å². The Balaban J connectivity index is 1.86. The Morgan fingerprint density at radius 1 is 1.14 bits per heavy atom. The average Bonchev–Trinajstić information content (AvgIpc) is 3.10. The van der Waals surface area contributed by atoms with Crippen molar-refractivity contribution in [2.75, 3.05) is 13.7 Å². The van der Waals surface area contributed by atoms with Crippen molar-refractivity contribution < 1.29 is 19.5 Å². The zero-order valence-electron chi connectivity index (χ0n) is 16.6. The third kappa shape index (κ3) is 4.75. The summed E-state index contributed by atoms with van der Waals surface area (Å²) in [6.45, 7) is 3.04. The van der Waals surface area contributed by atoms with Gasteiger partial charge in [-0.05, 0) is 47.9 Å². The van der Waals surface area contributed by atoms with Crippen molar-refractivity contribution in [2.45, 2.75) is 26.3 Å². The number of benzene rings is 2. The lowest BCUT2D eigenvalue weighted by Crippen LogP contribution is -2.24. The first kappa shape index (κ1) is 20.4. The molecule has 1 aromatic heterocycles. The minimum absolute atomic E-state index is 0.0401. The molecule has 1 heterocycles. The Morgan fingerprint density at radius 3 is 2.55 bits per heavy atom. The Bertz CT molecular complexity index is 1010. The second-order valence-corrected chi connectivity index (χ2v) is 6.76. The molecule has 2 aromatic carbocycles. The van der Waals surface area contributed by atoms with Crippen LogP contribution in [0.3, 0.4) is 0 Å². The summed E-state index contributed by atoms with van der Waals surface area (Å²) in [7, 11) is 1.64. The van der Waals surface area contributed by atoms with Crippen LogP contribution in [0.25, 0.3) is 10.9 Å². The molecule has 0 atom stereocenters. The van der Waals surface area contributed by atoms with Gasteiger partial charge in [0.15, 0.2) is 0 Å². The summed E-state index contributed by atoms with van der Waals surface area (Å²) in [5, 5.41) is 12.7. The van der Waals surface area contributed by atoms with Crippen LogP contribution in [0.2, 0.25) is 0 Å². The molecule has 0 unspecified atom stereocenters. The van der Waals surface area contributed by atoms with E-state index in [0.29, 0.717) is 25.1 Å². The summed E-state index contributed by atoms with van der Waals surface area (Å²) in [6.07, 6.45) is 3.29. The molecule has 0 aliphatic heterocycles. The highest BCUT2D eigenvalue weighted by molar-refractivity contribution is 5.93. The maximum absolute atomic E-state index is 11.5. The van der Waals surface area contributed by atoms with Gasteiger partial charge in [0.05, 0.1) is 7.11 Å². The number of carbonyl (C=O) groups excluding carboxylic acids is 2. The molecule has 29 heavy (non-hydrogen) atoms. The number of amides is 2. The van der Waals surface area contributed by atoms with Crippen LogP contribution < -0.4 is 15.5 Å². The molecule has 7 heteroatoms.